The van der Waals surface area contributed by atoms with Crippen LogP contribution < -0.4 is 0 Å². The number of carbonyl (C=O) groups is 3. The summed E-state index contributed by atoms with van der Waals surface area (Å²) in [5, 5.41) is 0. The maximum Gasteiger partial charge on any atom is 0.197 e. The molecule has 0 spiro atoms. The van der Waals surface area contributed by atoms with E-state index < -0.39 is 0 Å². The SMILES string of the molecule is O=C1C(/C=C/C(=C/C=C2C(=O)c3ccccc3C2=O)c2ccccc2)=Cc2ccccc21. The second-order valence-corrected chi connectivity index (χ2v) is 7.62. The molecule has 32 heavy (non-hydrogen) atoms. The van der Waals surface area contributed by atoms with Gasteiger partial charge >= 0.3 is 0 Å². The van der Waals surface area contributed by atoms with Crippen molar-refractivity contribution in [3.8, 4) is 0 Å². The van der Waals surface area contributed by atoms with E-state index in [4.69, 9.17) is 0 Å². The van der Waals surface area contributed by atoms with Gasteiger partial charge in [-0.15, -0.1) is 0 Å². The molecule has 0 aromatic heterocycles. The Kier molecular flexibility index (Phi) is 4.92. The minimum Gasteiger partial charge on any atom is -0.289 e. The number of hydrogen-bond donors (Lipinski definition) is 0. The van der Waals surface area contributed by atoms with Gasteiger partial charge in [-0.05, 0) is 28.9 Å². The first-order chi connectivity index (χ1) is 15.6. The van der Waals surface area contributed by atoms with Crippen LogP contribution in [0.1, 0.15) is 42.2 Å². The zero-order valence-corrected chi connectivity index (χ0v) is 17.1. The average Bonchev–Trinajstić information content (AvgIpc) is 3.28. The Morgan fingerprint density at radius 2 is 1.22 bits per heavy atom. The molecule has 5 rings (SSSR count). The largest absolute Gasteiger partial charge is 0.289 e. The second kappa shape index (κ2) is 8.05. The molecule has 0 radical (unpaired) electrons. The van der Waals surface area contributed by atoms with Crippen LogP contribution in [0, 0.1) is 0 Å². The van der Waals surface area contributed by atoms with Crippen molar-refractivity contribution in [3.05, 3.63) is 142 Å². The average molecular weight is 414 g/mol. The molecule has 0 saturated heterocycles. The van der Waals surface area contributed by atoms with Gasteiger partial charge in [0.2, 0.25) is 0 Å². The third kappa shape index (κ3) is 3.40. The molecule has 3 aromatic carbocycles. The molecule has 0 atom stereocenters. The van der Waals surface area contributed by atoms with Crippen LogP contribution in [0.3, 0.4) is 0 Å². The molecule has 0 fully saturated rings. The molecule has 3 aromatic rings. The summed E-state index contributed by atoms with van der Waals surface area (Å²) in [5.41, 5.74) is 4.93. The lowest BCUT2D eigenvalue weighted by atomic mass is 10.0. The first-order valence-corrected chi connectivity index (χ1v) is 10.3. The fourth-order valence-electron chi connectivity index (χ4n) is 4.00. The zero-order chi connectivity index (χ0) is 22.1. The predicted molar refractivity (Wildman–Crippen MR) is 125 cm³/mol. The molecule has 0 aliphatic heterocycles. The lowest BCUT2D eigenvalue weighted by Crippen LogP contribution is -2.00. The van der Waals surface area contributed by atoms with Crippen molar-refractivity contribution in [2.75, 3.05) is 0 Å². The van der Waals surface area contributed by atoms with Crippen molar-refractivity contribution in [2.24, 2.45) is 0 Å². The number of hydrogen-bond acceptors (Lipinski definition) is 3. The Bertz CT molecular complexity index is 1360. The van der Waals surface area contributed by atoms with E-state index in [0.29, 0.717) is 22.3 Å². The van der Waals surface area contributed by atoms with Crippen molar-refractivity contribution in [1.29, 1.82) is 0 Å². The fourth-order valence-corrected chi connectivity index (χ4v) is 4.00. The number of Topliss-reactive ketones (excluding diaryl/α,β-unsaturated/α-hetero) is 3. The Balaban J connectivity index is 1.51. The van der Waals surface area contributed by atoms with E-state index >= 15 is 0 Å². The number of allylic oxidation sites excluding steroid dienone is 7. The lowest BCUT2D eigenvalue weighted by Gasteiger charge is -2.02. The molecule has 3 nitrogen and oxygen atoms in total. The van der Waals surface area contributed by atoms with Crippen LogP contribution in [0.4, 0.5) is 0 Å². The monoisotopic (exact) mass is 414 g/mol. The van der Waals surface area contributed by atoms with Gasteiger partial charge in [-0.3, -0.25) is 14.4 Å². The van der Waals surface area contributed by atoms with E-state index in [2.05, 4.69) is 0 Å². The van der Waals surface area contributed by atoms with Gasteiger partial charge in [0.25, 0.3) is 0 Å². The number of benzene rings is 3. The summed E-state index contributed by atoms with van der Waals surface area (Å²) in [7, 11) is 0. The number of fused-ring (bicyclic) bond motifs is 2. The Morgan fingerprint density at radius 3 is 1.88 bits per heavy atom. The van der Waals surface area contributed by atoms with E-state index in [1.807, 2.05) is 66.7 Å². The van der Waals surface area contributed by atoms with E-state index in [9.17, 15) is 14.4 Å². The van der Waals surface area contributed by atoms with E-state index in [-0.39, 0.29) is 22.9 Å². The summed E-state index contributed by atoms with van der Waals surface area (Å²) in [5.74, 6) is -0.538. The van der Waals surface area contributed by atoms with Crippen LogP contribution in [0.15, 0.2) is 114 Å². The quantitative estimate of drug-likeness (QED) is 0.303. The summed E-state index contributed by atoms with van der Waals surface area (Å²) in [4.78, 5) is 38.1. The van der Waals surface area contributed by atoms with Crippen LogP contribution in [-0.4, -0.2) is 17.3 Å². The molecular formula is C29H18O3. The highest BCUT2D eigenvalue weighted by Gasteiger charge is 2.32. The fraction of sp³-hybridized carbons (Fsp3) is 0. The van der Waals surface area contributed by atoms with Gasteiger partial charge in [-0.2, -0.15) is 0 Å². The van der Waals surface area contributed by atoms with Gasteiger partial charge < -0.3 is 0 Å². The maximum atomic E-state index is 12.7. The van der Waals surface area contributed by atoms with Gasteiger partial charge in [-0.1, -0.05) is 97.1 Å². The number of ketones is 3. The van der Waals surface area contributed by atoms with E-state index in [0.717, 1.165) is 16.7 Å². The predicted octanol–water partition coefficient (Wildman–Crippen LogP) is 5.91. The smallest absolute Gasteiger partial charge is 0.197 e. The standard InChI is InChI=1S/C29H18O3/c30-27-22(18-21-10-4-5-11-23(21)27)15-14-20(19-8-2-1-3-9-19)16-17-26-28(31)24-12-6-7-13-25(24)29(26)32/h1-18H/b15-14+,20-16-. The van der Waals surface area contributed by atoms with Crippen LogP contribution in [0.25, 0.3) is 11.6 Å². The van der Waals surface area contributed by atoms with E-state index in [1.165, 1.54) is 0 Å². The van der Waals surface area contributed by atoms with Crippen molar-refractivity contribution in [3.63, 3.8) is 0 Å². The molecule has 0 unspecified atom stereocenters. The Morgan fingerprint density at radius 1 is 0.625 bits per heavy atom. The summed E-state index contributed by atoms with van der Waals surface area (Å²) in [6, 6.07) is 24.0. The molecule has 0 saturated carbocycles. The molecule has 152 valence electrons. The van der Waals surface area contributed by atoms with Crippen molar-refractivity contribution < 1.29 is 14.4 Å². The first-order valence-electron chi connectivity index (χ1n) is 10.3. The van der Waals surface area contributed by atoms with Gasteiger partial charge in [0.1, 0.15) is 0 Å². The van der Waals surface area contributed by atoms with Gasteiger partial charge in [0.15, 0.2) is 17.3 Å². The molecular weight excluding hydrogens is 396 g/mol. The molecule has 0 N–H and O–H groups in total. The molecule has 2 aliphatic carbocycles. The topological polar surface area (TPSA) is 51.2 Å². The third-order valence-corrected chi connectivity index (χ3v) is 5.66. The number of carbonyl (C=O) groups excluding carboxylic acids is 3. The van der Waals surface area contributed by atoms with Gasteiger partial charge in [-0.25, -0.2) is 0 Å². The van der Waals surface area contributed by atoms with Crippen LogP contribution in [0.5, 0.6) is 0 Å². The highest BCUT2D eigenvalue weighted by molar-refractivity contribution is 6.39. The summed E-state index contributed by atoms with van der Waals surface area (Å²) >= 11 is 0. The third-order valence-electron chi connectivity index (χ3n) is 5.66. The molecule has 0 heterocycles. The molecule has 0 bridgehead atoms. The van der Waals surface area contributed by atoms with Crippen LogP contribution in [-0.2, 0) is 0 Å². The van der Waals surface area contributed by atoms with Crippen molar-refractivity contribution in [2.45, 2.75) is 0 Å². The first kappa shape index (κ1) is 19.6. The van der Waals surface area contributed by atoms with Crippen LogP contribution >= 0.6 is 0 Å². The Labute approximate surface area is 185 Å². The highest BCUT2D eigenvalue weighted by Crippen LogP contribution is 2.28. The van der Waals surface area contributed by atoms with E-state index in [1.54, 1.807) is 42.5 Å². The van der Waals surface area contributed by atoms with Crippen molar-refractivity contribution in [1.82, 2.24) is 0 Å². The molecule has 3 heteroatoms. The zero-order valence-electron chi connectivity index (χ0n) is 17.1. The van der Waals surface area contributed by atoms with Crippen molar-refractivity contribution >= 4 is 29.0 Å². The van der Waals surface area contributed by atoms with Gasteiger partial charge in [0.05, 0.1) is 5.57 Å². The van der Waals surface area contributed by atoms with Crippen LogP contribution in [0.2, 0.25) is 0 Å². The minimum atomic E-state index is -0.262. The molecule has 2 aliphatic rings. The maximum absolute atomic E-state index is 12.7. The second-order valence-electron chi connectivity index (χ2n) is 7.62. The number of rotatable bonds is 4. The highest BCUT2D eigenvalue weighted by atomic mass is 16.2. The summed E-state index contributed by atoms with van der Waals surface area (Å²) in [6.07, 6.45) is 8.84. The summed E-state index contributed by atoms with van der Waals surface area (Å²) < 4.78 is 0. The normalized spacial score (nSPS) is 15.2. The molecule has 0 amide bonds. The summed E-state index contributed by atoms with van der Waals surface area (Å²) in [6.45, 7) is 0. The Hall–Kier alpha value is -4.37. The van der Waals surface area contributed by atoms with Gasteiger partial charge in [0, 0.05) is 22.3 Å². The lowest BCUT2D eigenvalue weighted by molar-refractivity contribution is 0.0986. The minimum absolute atomic E-state index is 0.0146.